The summed E-state index contributed by atoms with van der Waals surface area (Å²) in [5, 5.41) is 2.92. The molecule has 0 bridgehead atoms. The molecule has 0 radical (unpaired) electrons. The largest absolute Gasteiger partial charge is 0.354 e. The van der Waals surface area contributed by atoms with Gasteiger partial charge in [0.2, 0.25) is 11.8 Å². The molecule has 1 aromatic rings. The van der Waals surface area contributed by atoms with Crippen LogP contribution >= 0.6 is 0 Å². The maximum atomic E-state index is 12.5. The topological polar surface area (TPSA) is 88.3 Å². The van der Waals surface area contributed by atoms with E-state index in [1.165, 1.54) is 0 Å². The van der Waals surface area contributed by atoms with Crippen molar-refractivity contribution < 1.29 is 9.59 Å². The fourth-order valence-corrected chi connectivity index (χ4v) is 3.15. The van der Waals surface area contributed by atoms with Crippen LogP contribution in [0.1, 0.15) is 30.9 Å². The maximum absolute atomic E-state index is 12.5. The van der Waals surface area contributed by atoms with Crippen molar-refractivity contribution in [2.75, 3.05) is 13.6 Å². The molecule has 22 heavy (non-hydrogen) atoms. The highest BCUT2D eigenvalue weighted by Crippen LogP contribution is 2.37. The zero-order valence-electron chi connectivity index (χ0n) is 12.7. The van der Waals surface area contributed by atoms with Gasteiger partial charge in [0, 0.05) is 38.4 Å². The van der Waals surface area contributed by atoms with Crippen LogP contribution in [0.3, 0.4) is 0 Å². The number of aromatic nitrogens is 1. The maximum Gasteiger partial charge on any atom is 0.226 e. The second kappa shape index (κ2) is 6.04. The molecule has 3 N–H and O–H groups in total. The third kappa shape index (κ3) is 2.97. The van der Waals surface area contributed by atoms with E-state index in [4.69, 9.17) is 5.73 Å². The minimum absolute atomic E-state index is 0.0134. The quantitative estimate of drug-likeness (QED) is 0.827. The van der Waals surface area contributed by atoms with E-state index >= 15 is 0 Å². The summed E-state index contributed by atoms with van der Waals surface area (Å²) in [5.41, 5.74) is 6.92. The van der Waals surface area contributed by atoms with Crippen LogP contribution in [0.2, 0.25) is 0 Å². The number of carbonyl (C=O) groups is 2. The second-order valence-electron chi connectivity index (χ2n) is 6.29. The summed E-state index contributed by atoms with van der Waals surface area (Å²) in [7, 11) is 1.74. The Labute approximate surface area is 130 Å². The molecule has 0 spiro atoms. The average Bonchev–Trinajstić information content (AvgIpc) is 3.33. The molecule has 3 unspecified atom stereocenters. The van der Waals surface area contributed by atoms with Gasteiger partial charge in [-0.2, -0.15) is 0 Å². The zero-order chi connectivity index (χ0) is 15.7. The molecule has 118 valence electrons. The molecule has 3 atom stereocenters. The summed E-state index contributed by atoms with van der Waals surface area (Å²) >= 11 is 0. The van der Waals surface area contributed by atoms with Gasteiger partial charge in [0.1, 0.15) is 0 Å². The van der Waals surface area contributed by atoms with Gasteiger partial charge in [0.25, 0.3) is 0 Å². The van der Waals surface area contributed by atoms with Gasteiger partial charge in [-0.25, -0.2) is 0 Å². The number of nitrogens with one attached hydrogen (secondary N) is 1. The molecule has 2 fully saturated rings. The summed E-state index contributed by atoms with van der Waals surface area (Å²) in [6.45, 7) is 0.484. The lowest BCUT2D eigenvalue weighted by molar-refractivity contribution is -0.128. The molecule has 2 aliphatic rings. The van der Waals surface area contributed by atoms with Crippen molar-refractivity contribution in [2.24, 2.45) is 17.6 Å². The van der Waals surface area contributed by atoms with Gasteiger partial charge in [0.15, 0.2) is 0 Å². The number of nitrogens with two attached hydrogens (primary N) is 1. The SMILES string of the molecule is CN1C(=O)CC(C(=O)NCC(N)C2CC2)C1c1cccnc1. The third-order valence-electron chi connectivity index (χ3n) is 4.69. The van der Waals surface area contributed by atoms with E-state index in [1.807, 2.05) is 12.1 Å². The van der Waals surface area contributed by atoms with Crippen molar-refractivity contribution in [1.82, 2.24) is 15.2 Å². The van der Waals surface area contributed by atoms with Gasteiger partial charge in [-0.05, 0) is 30.4 Å². The zero-order valence-corrected chi connectivity index (χ0v) is 12.7. The Balaban J connectivity index is 1.69. The first-order valence-electron chi connectivity index (χ1n) is 7.77. The van der Waals surface area contributed by atoms with Crippen LogP contribution in [0.15, 0.2) is 24.5 Å². The number of likely N-dealkylation sites (tertiary alicyclic amines) is 1. The van der Waals surface area contributed by atoms with Crippen molar-refractivity contribution in [1.29, 1.82) is 0 Å². The number of rotatable bonds is 5. The number of carbonyl (C=O) groups excluding carboxylic acids is 2. The van der Waals surface area contributed by atoms with Gasteiger partial charge in [0.05, 0.1) is 12.0 Å². The number of hydrogen-bond donors (Lipinski definition) is 2. The molecule has 1 aliphatic carbocycles. The molecule has 3 rings (SSSR count). The van der Waals surface area contributed by atoms with Gasteiger partial charge in [-0.3, -0.25) is 14.6 Å². The molecule has 1 aromatic heterocycles. The van der Waals surface area contributed by atoms with Gasteiger partial charge in [-0.15, -0.1) is 0 Å². The minimum atomic E-state index is -0.381. The summed E-state index contributed by atoms with van der Waals surface area (Å²) in [4.78, 5) is 30.3. The van der Waals surface area contributed by atoms with Crippen LogP contribution in [0.25, 0.3) is 0 Å². The molecular formula is C16H22N4O2. The highest BCUT2D eigenvalue weighted by Gasteiger charge is 2.43. The molecule has 1 saturated carbocycles. The minimum Gasteiger partial charge on any atom is -0.354 e. The van der Waals surface area contributed by atoms with E-state index < -0.39 is 0 Å². The predicted octanol–water partition coefficient (Wildman–Crippen LogP) is 0.455. The molecule has 0 aromatic carbocycles. The van der Waals surface area contributed by atoms with Crippen LogP contribution in [0, 0.1) is 11.8 Å². The number of amides is 2. The lowest BCUT2D eigenvalue weighted by atomic mass is 9.94. The van der Waals surface area contributed by atoms with Crippen molar-refractivity contribution in [3.05, 3.63) is 30.1 Å². The van der Waals surface area contributed by atoms with E-state index in [9.17, 15) is 9.59 Å². The normalized spacial score (nSPS) is 26.1. The van der Waals surface area contributed by atoms with E-state index in [1.54, 1.807) is 24.3 Å². The van der Waals surface area contributed by atoms with Gasteiger partial charge < -0.3 is 16.0 Å². The Hall–Kier alpha value is -1.95. The van der Waals surface area contributed by atoms with Crippen LogP contribution in [0.5, 0.6) is 0 Å². The van der Waals surface area contributed by atoms with Crippen molar-refractivity contribution >= 4 is 11.8 Å². The van der Waals surface area contributed by atoms with Crippen LogP contribution in [-0.4, -0.2) is 41.3 Å². The van der Waals surface area contributed by atoms with Gasteiger partial charge in [-0.1, -0.05) is 6.07 Å². The molecule has 2 heterocycles. The Morgan fingerprint density at radius 2 is 2.32 bits per heavy atom. The first kappa shape index (κ1) is 15.0. The van der Waals surface area contributed by atoms with Crippen LogP contribution in [0.4, 0.5) is 0 Å². The fraction of sp³-hybridized carbons (Fsp3) is 0.562. The first-order chi connectivity index (χ1) is 10.6. The van der Waals surface area contributed by atoms with Crippen molar-refractivity contribution in [3.63, 3.8) is 0 Å². The smallest absolute Gasteiger partial charge is 0.226 e. The van der Waals surface area contributed by atoms with Gasteiger partial charge >= 0.3 is 0 Å². The molecule has 1 saturated heterocycles. The van der Waals surface area contributed by atoms with E-state index in [-0.39, 0.29) is 36.2 Å². The lowest BCUT2D eigenvalue weighted by Crippen LogP contribution is -2.42. The number of pyridine rings is 1. The summed E-state index contributed by atoms with van der Waals surface area (Å²) in [6, 6.07) is 3.50. The molecule has 1 aliphatic heterocycles. The van der Waals surface area contributed by atoms with E-state index in [0.29, 0.717) is 12.5 Å². The average molecular weight is 302 g/mol. The summed E-state index contributed by atoms with van der Waals surface area (Å²) < 4.78 is 0. The third-order valence-corrected chi connectivity index (χ3v) is 4.69. The van der Waals surface area contributed by atoms with Crippen LogP contribution in [-0.2, 0) is 9.59 Å². The van der Waals surface area contributed by atoms with Crippen LogP contribution < -0.4 is 11.1 Å². The molecule has 2 amide bonds. The molecule has 6 nitrogen and oxygen atoms in total. The Bertz CT molecular complexity index is 559. The Kier molecular flexibility index (Phi) is 4.11. The summed E-state index contributed by atoms with van der Waals surface area (Å²) in [6.07, 6.45) is 5.94. The Morgan fingerprint density at radius 1 is 1.55 bits per heavy atom. The second-order valence-corrected chi connectivity index (χ2v) is 6.29. The number of hydrogen-bond acceptors (Lipinski definition) is 4. The molecular weight excluding hydrogens is 280 g/mol. The highest BCUT2D eigenvalue weighted by atomic mass is 16.2. The number of nitrogens with zero attached hydrogens (tertiary/aromatic N) is 2. The highest BCUT2D eigenvalue weighted by molar-refractivity contribution is 5.90. The summed E-state index contributed by atoms with van der Waals surface area (Å²) in [5.74, 6) is 0.0542. The molecule has 6 heteroatoms. The van der Waals surface area contributed by atoms with E-state index in [0.717, 1.165) is 18.4 Å². The first-order valence-corrected chi connectivity index (χ1v) is 7.77. The van der Waals surface area contributed by atoms with E-state index in [2.05, 4.69) is 10.3 Å². The monoisotopic (exact) mass is 302 g/mol. The predicted molar refractivity (Wildman–Crippen MR) is 81.6 cm³/mol. The fourth-order valence-electron chi connectivity index (χ4n) is 3.15. The Morgan fingerprint density at radius 3 is 2.95 bits per heavy atom. The standard InChI is InChI=1S/C16H22N4O2/c1-20-14(21)7-12(15(20)11-3-2-6-18-8-11)16(22)19-9-13(17)10-4-5-10/h2-3,6,8,10,12-13,15H,4-5,7,9,17H2,1H3,(H,19,22). The van der Waals surface area contributed by atoms with Crippen molar-refractivity contribution in [2.45, 2.75) is 31.3 Å². The van der Waals surface area contributed by atoms with Crippen molar-refractivity contribution in [3.8, 4) is 0 Å². The lowest BCUT2D eigenvalue weighted by Gasteiger charge is -2.25.